The molecular formula is C7H8F3N3O2S. The Morgan fingerprint density at radius 2 is 1.88 bits per heavy atom. The van der Waals surface area contributed by atoms with Crippen molar-refractivity contribution in [1.82, 2.24) is 9.97 Å². The van der Waals surface area contributed by atoms with E-state index < -0.39 is 26.9 Å². The molecule has 0 saturated carbocycles. The van der Waals surface area contributed by atoms with E-state index in [9.17, 15) is 21.6 Å². The summed E-state index contributed by atoms with van der Waals surface area (Å²) in [5.74, 6) is -0.206. The molecule has 1 aromatic rings. The van der Waals surface area contributed by atoms with Gasteiger partial charge in [-0.1, -0.05) is 0 Å². The molecule has 0 unspecified atom stereocenters. The molecule has 1 N–H and O–H groups in total. The van der Waals surface area contributed by atoms with E-state index in [1.807, 2.05) is 0 Å². The molecule has 16 heavy (non-hydrogen) atoms. The summed E-state index contributed by atoms with van der Waals surface area (Å²) in [6.07, 6.45) is -3.98. The molecule has 0 aliphatic rings. The third kappa shape index (κ3) is 2.81. The van der Waals surface area contributed by atoms with Crippen molar-refractivity contribution in [1.29, 1.82) is 0 Å². The monoisotopic (exact) mass is 255 g/mol. The van der Waals surface area contributed by atoms with Crippen molar-refractivity contribution in [3.8, 4) is 0 Å². The Balaban J connectivity index is 3.45. The average molecular weight is 255 g/mol. The lowest BCUT2D eigenvalue weighted by molar-refractivity contribution is -0.141. The van der Waals surface area contributed by atoms with E-state index in [2.05, 4.69) is 15.3 Å². The number of alkyl halides is 3. The minimum Gasteiger partial charge on any atom is -0.373 e. The number of hydrogen-bond acceptors (Lipinski definition) is 5. The van der Waals surface area contributed by atoms with Crippen LogP contribution in [0.4, 0.5) is 19.0 Å². The molecule has 0 bridgehead atoms. The molecule has 1 rings (SSSR count). The summed E-state index contributed by atoms with van der Waals surface area (Å²) in [6.45, 7) is 0. The van der Waals surface area contributed by atoms with Crippen LogP contribution in [0, 0.1) is 0 Å². The van der Waals surface area contributed by atoms with Gasteiger partial charge < -0.3 is 5.32 Å². The zero-order valence-electron chi connectivity index (χ0n) is 8.33. The van der Waals surface area contributed by atoms with Gasteiger partial charge in [-0.3, -0.25) is 0 Å². The summed E-state index contributed by atoms with van der Waals surface area (Å²) in [6, 6.07) is 0.634. The molecule has 0 aromatic carbocycles. The van der Waals surface area contributed by atoms with Crippen molar-refractivity contribution >= 4 is 15.7 Å². The molecule has 0 radical (unpaired) electrons. The lowest BCUT2D eigenvalue weighted by Crippen LogP contribution is -2.14. The van der Waals surface area contributed by atoms with Gasteiger partial charge in [0.15, 0.2) is 5.69 Å². The van der Waals surface area contributed by atoms with Crippen molar-refractivity contribution in [3.05, 3.63) is 11.8 Å². The van der Waals surface area contributed by atoms with E-state index >= 15 is 0 Å². The standard InChI is InChI=1S/C7H8F3N3O2S/c1-11-5-3-4(7(8,9)10)12-6(13-5)16(2,14)15/h3H,1-2H3,(H,11,12,13). The smallest absolute Gasteiger partial charge is 0.373 e. The molecule has 9 heteroatoms. The zero-order chi connectivity index (χ0) is 12.6. The minimum atomic E-state index is -4.71. The van der Waals surface area contributed by atoms with E-state index in [0.717, 1.165) is 6.26 Å². The van der Waals surface area contributed by atoms with Crippen molar-refractivity contribution in [2.75, 3.05) is 18.6 Å². The molecule has 0 amide bonds. The second kappa shape index (κ2) is 3.89. The van der Waals surface area contributed by atoms with Gasteiger partial charge in [-0.2, -0.15) is 13.2 Å². The third-order valence-corrected chi connectivity index (χ3v) is 2.43. The van der Waals surface area contributed by atoms with Gasteiger partial charge in [-0.25, -0.2) is 18.4 Å². The van der Waals surface area contributed by atoms with Crippen molar-refractivity contribution in [2.45, 2.75) is 11.3 Å². The lowest BCUT2D eigenvalue weighted by Gasteiger charge is -2.08. The molecule has 1 heterocycles. The number of nitrogens with one attached hydrogen (secondary N) is 1. The van der Waals surface area contributed by atoms with E-state index in [0.29, 0.717) is 6.07 Å². The lowest BCUT2D eigenvalue weighted by atomic mass is 10.4. The van der Waals surface area contributed by atoms with Gasteiger partial charge in [0.25, 0.3) is 0 Å². The van der Waals surface area contributed by atoms with Crippen LogP contribution in [-0.2, 0) is 16.0 Å². The molecule has 1 aromatic heterocycles. The number of nitrogens with zero attached hydrogens (tertiary/aromatic N) is 2. The molecule has 0 atom stereocenters. The first kappa shape index (κ1) is 12.7. The van der Waals surface area contributed by atoms with Gasteiger partial charge in [-0.15, -0.1) is 0 Å². The second-order valence-corrected chi connectivity index (χ2v) is 4.85. The van der Waals surface area contributed by atoms with Crippen LogP contribution >= 0.6 is 0 Å². The Morgan fingerprint density at radius 3 is 2.25 bits per heavy atom. The first-order valence-electron chi connectivity index (χ1n) is 3.98. The highest BCUT2D eigenvalue weighted by Gasteiger charge is 2.34. The summed E-state index contributed by atoms with van der Waals surface area (Å²) >= 11 is 0. The fourth-order valence-electron chi connectivity index (χ4n) is 0.864. The van der Waals surface area contributed by atoms with Gasteiger partial charge in [0.1, 0.15) is 5.82 Å². The summed E-state index contributed by atoms with van der Waals surface area (Å²) < 4.78 is 59.2. The topological polar surface area (TPSA) is 72.0 Å². The van der Waals surface area contributed by atoms with Crippen LogP contribution in [0.2, 0.25) is 0 Å². The number of hydrogen-bond donors (Lipinski definition) is 1. The Hall–Kier alpha value is -1.38. The van der Waals surface area contributed by atoms with Crippen LogP contribution in [0.3, 0.4) is 0 Å². The maximum absolute atomic E-state index is 12.4. The maximum atomic E-state index is 12.4. The number of aromatic nitrogens is 2. The van der Waals surface area contributed by atoms with Gasteiger partial charge in [0.05, 0.1) is 0 Å². The Bertz CT molecular complexity index is 498. The van der Waals surface area contributed by atoms with Crippen LogP contribution in [0.1, 0.15) is 5.69 Å². The number of halogens is 3. The first-order valence-corrected chi connectivity index (χ1v) is 5.88. The van der Waals surface area contributed by atoms with Gasteiger partial charge in [0, 0.05) is 19.4 Å². The fourth-order valence-corrected chi connectivity index (χ4v) is 1.39. The summed E-state index contributed by atoms with van der Waals surface area (Å²) in [5.41, 5.74) is -1.30. The number of rotatable bonds is 2. The SMILES string of the molecule is CNc1cc(C(F)(F)F)nc(S(C)(=O)=O)n1. The molecule has 90 valence electrons. The summed E-state index contributed by atoms with van der Waals surface area (Å²) in [7, 11) is -2.55. The maximum Gasteiger partial charge on any atom is 0.433 e. The normalized spacial score (nSPS) is 12.6. The van der Waals surface area contributed by atoms with Crippen LogP contribution in [0.15, 0.2) is 11.2 Å². The highest BCUT2D eigenvalue weighted by Crippen LogP contribution is 2.29. The van der Waals surface area contributed by atoms with Crippen LogP contribution in [0.5, 0.6) is 0 Å². The van der Waals surface area contributed by atoms with E-state index in [-0.39, 0.29) is 5.82 Å². The fraction of sp³-hybridized carbons (Fsp3) is 0.429. The Kier molecular flexibility index (Phi) is 3.08. The largest absolute Gasteiger partial charge is 0.433 e. The van der Waals surface area contributed by atoms with Crippen LogP contribution in [0.25, 0.3) is 0 Å². The van der Waals surface area contributed by atoms with Crippen LogP contribution < -0.4 is 5.32 Å². The number of anilines is 1. The minimum absolute atomic E-state index is 0.206. The predicted octanol–water partition coefficient (Wildman–Crippen LogP) is 0.941. The highest BCUT2D eigenvalue weighted by atomic mass is 32.2. The third-order valence-electron chi connectivity index (χ3n) is 1.58. The van der Waals surface area contributed by atoms with Gasteiger partial charge in [-0.05, 0) is 0 Å². The molecule has 0 aliphatic heterocycles. The average Bonchev–Trinajstić information content (AvgIpc) is 2.14. The first-order chi connectivity index (χ1) is 7.14. The Morgan fingerprint density at radius 1 is 1.31 bits per heavy atom. The predicted molar refractivity (Wildman–Crippen MR) is 49.7 cm³/mol. The van der Waals surface area contributed by atoms with E-state index in [1.54, 1.807) is 0 Å². The van der Waals surface area contributed by atoms with E-state index in [4.69, 9.17) is 0 Å². The van der Waals surface area contributed by atoms with E-state index in [1.165, 1.54) is 7.05 Å². The summed E-state index contributed by atoms with van der Waals surface area (Å²) in [4.78, 5) is 6.39. The highest BCUT2D eigenvalue weighted by molar-refractivity contribution is 7.90. The van der Waals surface area contributed by atoms with Crippen LogP contribution in [-0.4, -0.2) is 31.7 Å². The molecular weight excluding hydrogens is 247 g/mol. The molecule has 0 aliphatic carbocycles. The van der Waals surface area contributed by atoms with Gasteiger partial charge in [0.2, 0.25) is 15.0 Å². The summed E-state index contributed by atoms with van der Waals surface area (Å²) in [5, 5.41) is 1.48. The molecule has 0 saturated heterocycles. The van der Waals surface area contributed by atoms with Crippen molar-refractivity contribution < 1.29 is 21.6 Å². The molecule has 0 spiro atoms. The van der Waals surface area contributed by atoms with Crippen molar-refractivity contribution in [3.63, 3.8) is 0 Å². The number of sulfone groups is 1. The second-order valence-electron chi connectivity index (χ2n) is 2.94. The quantitative estimate of drug-likeness (QED) is 0.796. The molecule has 5 nitrogen and oxygen atoms in total. The van der Waals surface area contributed by atoms with Crippen molar-refractivity contribution in [2.24, 2.45) is 0 Å². The zero-order valence-corrected chi connectivity index (χ0v) is 9.15. The Labute approximate surface area is 89.6 Å². The van der Waals surface area contributed by atoms with Gasteiger partial charge >= 0.3 is 6.18 Å². The molecule has 0 fully saturated rings.